The number of esters is 1. The number of aromatic amines is 2. The van der Waals surface area contributed by atoms with E-state index < -0.39 is 42.1 Å². The summed E-state index contributed by atoms with van der Waals surface area (Å²) in [5, 5.41) is 3.46. The first-order chi connectivity index (χ1) is 25.4. The number of carbonyl (C=O) groups is 3. The molecule has 276 valence electrons. The van der Waals surface area contributed by atoms with Crippen LogP contribution in [0.1, 0.15) is 63.3 Å². The number of carbonyl (C=O) groups excluding carboxylic acids is 3. The molecule has 2 amide bonds. The van der Waals surface area contributed by atoms with Gasteiger partial charge >= 0.3 is 18.2 Å². The van der Waals surface area contributed by atoms with Gasteiger partial charge in [0.2, 0.25) is 5.91 Å². The highest BCUT2D eigenvalue weighted by atomic mass is 19.4. The Bertz CT molecular complexity index is 2140. The lowest BCUT2D eigenvalue weighted by molar-refractivity contribution is -0.194. The van der Waals surface area contributed by atoms with Crippen LogP contribution in [0.5, 0.6) is 0 Å². The molecule has 0 unspecified atom stereocenters. The lowest BCUT2D eigenvalue weighted by Crippen LogP contribution is -2.52. The molecule has 3 aromatic heterocycles. The highest BCUT2D eigenvalue weighted by Gasteiger charge is 2.45. The van der Waals surface area contributed by atoms with Crippen molar-refractivity contribution in [3.63, 3.8) is 0 Å². The van der Waals surface area contributed by atoms with Crippen molar-refractivity contribution in [2.24, 2.45) is 5.92 Å². The Kier molecular flexibility index (Phi) is 9.72. The number of ether oxygens (including phenoxy) is 1. The molecule has 0 saturated carbocycles. The van der Waals surface area contributed by atoms with E-state index in [1.54, 1.807) is 31.1 Å². The van der Waals surface area contributed by atoms with Gasteiger partial charge in [0, 0.05) is 24.7 Å². The lowest BCUT2D eigenvalue weighted by Gasteiger charge is -2.34. The minimum atomic E-state index is -5.35. The van der Waals surface area contributed by atoms with E-state index in [-0.39, 0.29) is 6.04 Å². The van der Waals surface area contributed by atoms with Gasteiger partial charge in [0.05, 0.1) is 58.8 Å². The maximum absolute atomic E-state index is 13.8. The largest absolute Gasteiger partial charge is 0.491 e. The molecule has 2 aromatic carbocycles. The number of fused-ring (bicyclic) bond motifs is 1. The van der Waals surface area contributed by atoms with Gasteiger partial charge in [-0.15, -0.1) is 0 Å². The SMILES string of the molecule is CC(C)[C@@H](C(=O)N1CCC[C@H]1c1ncc(-c2ccc(-c3cnc4cc(-c5cnc([C@@H]6CCCN6)[nH]5)ccc4n3)cc2)[nH]1)N(C)C(=O)OC(=O)C(F)(F)F. The number of likely N-dealkylation sites (tertiary alicyclic amines) is 1. The van der Waals surface area contributed by atoms with Crippen LogP contribution in [-0.2, 0) is 14.3 Å². The molecule has 16 heteroatoms. The van der Waals surface area contributed by atoms with Gasteiger partial charge in [0.25, 0.3) is 0 Å². The van der Waals surface area contributed by atoms with Gasteiger partial charge < -0.3 is 24.9 Å². The maximum atomic E-state index is 13.8. The van der Waals surface area contributed by atoms with E-state index in [0.717, 1.165) is 82.0 Å². The molecule has 0 bridgehead atoms. The topological polar surface area (TPSA) is 162 Å². The number of alkyl halides is 3. The molecule has 13 nitrogen and oxygen atoms in total. The number of nitrogens with zero attached hydrogens (tertiary/aromatic N) is 6. The molecule has 0 radical (unpaired) electrons. The Balaban J connectivity index is 1.03. The van der Waals surface area contributed by atoms with Crippen molar-refractivity contribution in [3.8, 4) is 33.8 Å². The number of H-pyrrole nitrogens is 2. The molecule has 3 N–H and O–H groups in total. The minimum Gasteiger partial charge on any atom is -0.369 e. The summed E-state index contributed by atoms with van der Waals surface area (Å²) in [6.07, 6.45) is 1.83. The van der Waals surface area contributed by atoms with Crippen LogP contribution in [0.4, 0.5) is 18.0 Å². The van der Waals surface area contributed by atoms with Crippen LogP contribution < -0.4 is 5.32 Å². The van der Waals surface area contributed by atoms with Gasteiger partial charge in [0.15, 0.2) is 0 Å². The van der Waals surface area contributed by atoms with Gasteiger partial charge in [-0.3, -0.25) is 14.7 Å². The number of hydrogen-bond donors (Lipinski definition) is 3. The van der Waals surface area contributed by atoms with Crippen LogP contribution in [0.2, 0.25) is 0 Å². The number of amides is 2. The second-order valence-corrected chi connectivity index (χ2v) is 13.7. The van der Waals surface area contributed by atoms with Gasteiger partial charge in [-0.05, 0) is 55.8 Å². The van der Waals surface area contributed by atoms with Crippen LogP contribution >= 0.6 is 0 Å². The molecular weight excluding hydrogens is 691 g/mol. The van der Waals surface area contributed by atoms with Crippen molar-refractivity contribution in [2.75, 3.05) is 20.1 Å². The molecule has 2 saturated heterocycles. The van der Waals surface area contributed by atoms with Gasteiger partial charge in [-0.2, -0.15) is 13.2 Å². The van der Waals surface area contributed by atoms with Crippen molar-refractivity contribution in [3.05, 3.63) is 72.7 Å². The van der Waals surface area contributed by atoms with E-state index in [9.17, 15) is 27.6 Å². The Morgan fingerprint density at radius 1 is 0.868 bits per heavy atom. The van der Waals surface area contributed by atoms with Crippen molar-refractivity contribution in [2.45, 2.75) is 63.8 Å². The summed E-state index contributed by atoms with van der Waals surface area (Å²) in [5.74, 6) is -2.13. The highest BCUT2D eigenvalue weighted by molar-refractivity contribution is 5.91. The molecule has 7 rings (SSSR count). The van der Waals surface area contributed by atoms with E-state index >= 15 is 0 Å². The first-order valence-electron chi connectivity index (χ1n) is 17.4. The summed E-state index contributed by atoms with van der Waals surface area (Å²) in [6, 6.07) is 12.4. The highest BCUT2D eigenvalue weighted by Crippen LogP contribution is 2.34. The normalized spacial score (nSPS) is 18.1. The summed E-state index contributed by atoms with van der Waals surface area (Å²) in [5.41, 5.74) is 6.62. The average Bonchev–Trinajstić information content (AvgIpc) is 3.98. The fourth-order valence-electron chi connectivity index (χ4n) is 7.07. The summed E-state index contributed by atoms with van der Waals surface area (Å²) in [6.45, 7) is 4.67. The van der Waals surface area contributed by atoms with E-state index in [0.29, 0.717) is 25.2 Å². The van der Waals surface area contributed by atoms with E-state index in [2.05, 4.69) is 30.0 Å². The average molecular weight is 730 g/mol. The molecule has 0 spiro atoms. The number of likely N-dealkylation sites (N-methyl/N-ethyl adjacent to an activating group) is 1. The van der Waals surface area contributed by atoms with Crippen molar-refractivity contribution in [1.29, 1.82) is 0 Å². The lowest BCUT2D eigenvalue weighted by atomic mass is 10.0. The van der Waals surface area contributed by atoms with Crippen LogP contribution in [0, 0.1) is 5.92 Å². The van der Waals surface area contributed by atoms with Crippen LogP contribution in [0.3, 0.4) is 0 Å². The van der Waals surface area contributed by atoms with Crippen molar-refractivity contribution >= 4 is 29.0 Å². The van der Waals surface area contributed by atoms with E-state index in [4.69, 9.17) is 9.97 Å². The second kappa shape index (κ2) is 14.4. The zero-order valence-electron chi connectivity index (χ0n) is 29.3. The smallest absolute Gasteiger partial charge is 0.369 e. The minimum absolute atomic E-state index is 0.259. The first kappa shape index (κ1) is 35.7. The molecule has 5 aromatic rings. The van der Waals surface area contributed by atoms with Gasteiger partial charge in [-0.1, -0.05) is 44.2 Å². The van der Waals surface area contributed by atoms with Gasteiger partial charge in [0.1, 0.15) is 17.7 Å². The first-order valence-corrected chi connectivity index (χ1v) is 17.4. The molecule has 53 heavy (non-hydrogen) atoms. The summed E-state index contributed by atoms with van der Waals surface area (Å²) < 4.78 is 42.1. The number of nitrogens with one attached hydrogen (secondary N) is 3. The Morgan fingerprint density at radius 3 is 2.25 bits per heavy atom. The molecule has 5 heterocycles. The third-order valence-corrected chi connectivity index (χ3v) is 9.78. The van der Waals surface area contributed by atoms with Crippen LogP contribution in [0.15, 0.2) is 61.1 Å². The number of benzene rings is 2. The van der Waals surface area contributed by atoms with Crippen molar-refractivity contribution < 1.29 is 32.3 Å². The fourth-order valence-corrected chi connectivity index (χ4v) is 7.07. The molecule has 2 aliphatic rings. The predicted octanol–water partition coefficient (Wildman–Crippen LogP) is 6.35. The zero-order chi connectivity index (χ0) is 37.4. The van der Waals surface area contributed by atoms with Gasteiger partial charge in [-0.25, -0.2) is 24.5 Å². The molecule has 2 aliphatic heterocycles. The fraction of sp³-hybridized carbons (Fsp3) is 0.378. The Hall–Kier alpha value is -5.64. The third-order valence-electron chi connectivity index (χ3n) is 9.78. The standard InChI is InChI=1S/C37H38F3N9O4/c1-20(2)31(48(3)36(52)53-35(51)37(38,39)40)34(50)49-15-5-7-30(49)33-44-18-28(47-33)22-10-8-21(9-11-22)27-17-42-26-16-23(12-13-24(26)45-27)29-19-43-32(46-29)25-6-4-14-41-25/h8-13,16-20,25,30-31,41H,4-7,14-15H2,1-3H3,(H,43,46)(H,44,47)/t25-,30-,31-/m0/s1. The third kappa shape index (κ3) is 7.36. The van der Waals surface area contributed by atoms with Crippen LogP contribution in [0.25, 0.3) is 44.8 Å². The number of aromatic nitrogens is 6. The van der Waals surface area contributed by atoms with Crippen LogP contribution in [-0.4, -0.2) is 90.0 Å². The molecule has 3 atom stereocenters. The summed E-state index contributed by atoms with van der Waals surface area (Å²) in [4.78, 5) is 65.2. The van der Waals surface area contributed by atoms with Crippen molar-refractivity contribution in [1.82, 2.24) is 45.0 Å². The second-order valence-electron chi connectivity index (χ2n) is 13.7. The monoisotopic (exact) mass is 729 g/mol. The number of hydrogen-bond acceptors (Lipinski definition) is 9. The van der Waals surface area contributed by atoms with E-state index in [1.807, 2.05) is 48.7 Å². The summed E-state index contributed by atoms with van der Waals surface area (Å²) >= 11 is 0. The number of halogens is 3. The predicted molar refractivity (Wildman–Crippen MR) is 188 cm³/mol. The molecule has 2 fully saturated rings. The Labute approximate surface area is 302 Å². The quantitative estimate of drug-likeness (QED) is 0.122. The maximum Gasteiger partial charge on any atom is 0.491 e. The summed E-state index contributed by atoms with van der Waals surface area (Å²) in [7, 11) is 1.14. The number of imidazole rings is 2. The number of rotatable bonds is 8. The molecule has 0 aliphatic carbocycles. The Morgan fingerprint density at radius 2 is 1.55 bits per heavy atom. The van der Waals surface area contributed by atoms with E-state index in [1.165, 1.54) is 0 Å². The zero-order valence-corrected chi connectivity index (χ0v) is 29.3. The molecular formula is C37H38F3N9O4.